The maximum Gasteiger partial charge on any atom is 0.166 e. The molecule has 1 aliphatic heterocycles. The molecule has 118 valence electrons. The Morgan fingerprint density at radius 2 is 2.05 bits per heavy atom. The molecule has 3 nitrogen and oxygen atoms in total. The summed E-state index contributed by atoms with van der Waals surface area (Å²) in [5.74, 6) is 0.607. The Bertz CT molecular complexity index is 593. The molecule has 0 amide bonds. The van der Waals surface area contributed by atoms with Crippen molar-refractivity contribution < 1.29 is 4.74 Å². The van der Waals surface area contributed by atoms with Crippen molar-refractivity contribution in [3.05, 3.63) is 46.7 Å². The highest BCUT2D eigenvalue weighted by molar-refractivity contribution is 7.99. The molecule has 1 aliphatic rings. The lowest BCUT2D eigenvalue weighted by Gasteiger charge is -2.29. The third-order valence-corrected chi connectivity index (χ3v) is 5.71. The highest BCUT2D eigenvalue weighted by Gasteiger charge is 2.27. The lowest BCUT2D eigenvalue weighted by atomic mass is 9.92. The largest absolute Gasteiger partial charge is 0.381 e. The van der Waals surface area contributed by atoms with Crippen LogP contribution in [0.4, 0.5) is 0 Å². The van der Waals surface area contributed by atoms with E-state index in [0.717, 1.165) is 42.7 Å². The fourth-order valence-corrected chi connectivity index (χ4v) is 4.23. The van der Waals surface area contributed by atoms with Crippen molar-refractivity contribution in [2.45, 2.75) is 36.6 Å². The number of nitrogens with one attached hydrogen (secondary N) is 1. The molecule has 1 saturated heterocycles. The van der Waals surface area contributed by atoms with Gasteiger partial charge < -0.3 is 9.72 Å². The van der Waals surface area contributed by atoms with Crippen molar-refractivity contribution in [2.24, 2.45) is 5.92 Å². The number of imidazole rings is 1. The Kier molecular flexibility index (Phi) is 5.45. The van der Waals surface area contributed by atoms with E-state index in [-0.39, 0.29) is 0 Å². The summed E-state index contributed by atoms with van der Waals surface area (Å²) >= 11 is 7.86. The number of hydrogen-bond acceptors (Lipinski definition) is 3. The summed E-state index contributed by atoms with van der Waals surface area (Å²) in [5, 5.41) is 2.17. The van der Waals surface area contributed by atoms with E-state index >= 15 is 0 Å². The SMILES string of the molecule is CCc1cnc(SC(c2ccc(Cl)cc2)C2CCOCC2)[nH]1. The van der Waals surface area contributed by atoms with Crippen LogP contribution in [0, 0.1) is 5.92 Å². The highest BCUT2D eigenvalue weighted by Crippen LogP contribution is 2.43. The van der Waals surface area contributed by atoms with Gasteiger partial charge in [-0.15, -0.1) is 0 Å². The van der Waals surface area contributed by atoms with Gasteiger partial charge >= 0.3 is 0 Å². The number of aromatic amines is 1. The molecule has 1 fully saturated rings. The first-order valence-corrected chi connectivity index (χ1v) is 9.05. The van der Waals surface area contributed by atoms with Gasteiger partial charge in [-0.05, 0) is 42.9 Å². The molecule has 0 saturated carbocycles. The summed E-state index contributed by atoms with van der Waals surface area (Å²) in [6.07, 6.45) is 5.12. The first-order chi connectivity index (χ1) is 10.8. The van der Waals surface area contributed by atoms with Crippen LogP contribution in [0.25, 0.3) is 0 Å². The number of halogens is 1. The first kappa shape index (κ1) is 15.9. The van der Waals surface area contributed by atoms with Crippen LogP contribution in [0.5, 0.6) is 0 Å². The van der Waals surface area contributed by atoms with Gasteiger partial charge in [0.2, 0.25) is 0 Å². The van der Waals surface area contributed by atoms with E-state index in [0.29, 0.717) is 11.2 Å². The summed E-state index contributed by atoms with van der Waals surface area (Å²) in [5.41, 5.74) is 2.50. The Hall–Kier alpha value is -0.970. The minimum absolute atomic E-state index is 0.386. The first-order valence-electron chi connectivity index (χ1n) is 7.80. The Morgan fingerprint density at radius 1 is 1.32 bits per heavy atom. The Balaban J connectivity index is 1.82. The summed E-state index contributed by atoms with van der Waals surface area (Å²) in [6.45, 7) is 3.85. The molecule has 1 aromatic heterocycles. The number of H-pyrrole nitrogens is 1. The molecule has 0 aliphatic carbocycles. The van der Waals surface area contributed by atoms with Gasteiger partial charge in [0.05, 0.1) is 0 Å². The fourth-order valence-electron chi connectivity index (χ4n) is 2.81. The van der Waals surface area contributed by atoms with Gasteiger partial charge in [-0.1, -0.05) is 42.4 Å². The lowest BCUT2D eigenvalue weighted by molar-refractivity contribution is 0.0656. The van der Waals surface area contributed by atoms with E-state index in [1.165, 1.54) is 11.3 Å². The van der Waals surface area contributed by atoms with E-state index < -0.39 is 0 Å². The number of ether oxygens (including phenoxy) is 1. The third-order valence-electron chi connectivity index (χ3n) is 4.12. The summed E-state index contributed by atoms with van der Waals surface area (Å²) in [6, 6.07) is 8.23. The van der Waals surface area contributed by atoms with Crippen molar-refractivity contribution >= 4 is 23.4 Å². The maximum atomic E-state index is 6.04. The van der Waals surface area contributed by atoms with E-state index in [4.69, 9.17) is 16.3 Å². The molecule has 1 aromatic carbocycles. The number of thioether (sulfide) groups is 1. The zero-order valence-corrected chi connectivity index (χ0v) is 14.3. The maximum absolute atomic E-state index is 6.04. The monoisotopic (exact) mass is 336 g/mol. The van der Waals surface area contributed by atoms with E-state index in [1.807, 2.05) is 30.1 Å². The topological polar surface area (TPSA) is 37.9 Å². The van der Waals surface area contributed by atoms with Crippen LogP contribution in [0.1, 0.15) is 36.3 Å². The van der Waals surface area contributed by atoms with Gasteiger partial charge in [-0.2, -0.15) is 0 Å². The van der Waals surface area contributed by atoms with Crippen LogP contribution in [0.3, 0.4) is 0 Å². The van der Waals surface area contributed by atoms with Crippen LogP contribution in [-0.2, 0) is 11.2 Å². The van der Waals surface area contributed by atoms with Crippen molar-refractivity contribution in [2.75, 3.05) is 13.2 Å². The molecule has 22 heavy (non-hydrogen) atoms. The van der Waals surface area contributed by atoms with Crippen LogP contribution >= 0.6 is 23.4 Å². The highest BCUT2D eigenvalue weighted by atomic mass is 35.5. The molecule has 2 aromatic rings. The second-order valence-corrected chi connectivity index (χ2v) is 7.17. The van der Waals surface area contributed by atoms with Crippen molar-refractivity contribution in [3.8, 4) is 0 Å². The smallest absolute Gasteiger partial charge is 0.166 e. The third kappa shape index (κ3) is 3.86. The predicted molar refractivity (Wildman–Crippen MR) is 91.6 cm³/mol. The molecule has 0 bridgehead atoms. The average Bonchev–Trinajstić information content (AvgIpc) is 3.02. The zero-order valence-electron chi connectivity index (χ0n) is 12.7. The van der Waals surface area contributed by atoms with Gasteiger partial charge in [0.15, 0.2) is 5.16 Å². The molecule has 1 unspecified atom stereocenters. The number of nitrogens with zero attached hydrogens (tertiary/aromatic N) is 1. The second kappa shape index (κ2) is 7.53. The summed E-state index contributed by atoms with van der Waals surface area (Å²) in [7, 11) is 0. The van der Waals surface area contributed by atoms with Gasteiger partial charge in [-0.25, -0.2) is 4.98 Å². The molecule has 3 rings (SSSR count). The zero-order chi connectivity index (χ0) is 15.4. The van der Waals surface area contributed by atoms with Crippen LogP contribution < -0.4 is 0 Å². The number of benzene rings is 1. The van der Waals surface area contributed by atoms with Gasteiger partial charge in [0.1, 0.15) is 0 Å². The van der Waals surface area contributed by atoms with E-state index in [9.17, 15) is 0 Å². The second-order valence-electron chi connectivity index (χ2n) is 5.61. The number of hydrogen-bond donors (Lipinski definition) is 1. The predicted octanol–water partition coefficient (Wildman–Crippen LogP) is 4.89. The molecule has 1 atom stereocenters. The van der Waals surface area contributed by atoms with Crippen molar-refractivity contribution in [3.63, 3.8) is 0 Å². The summed E-state index contributed by atoms with van der Waals surface area (Å²) in [4.78, 5) is 7.92. The van der Waals surface area contributed by atoms with Crippen LogP contribution in [-0.4, -0.2) is 23.2 Å². The molecule has 0 spiro atoms. The minimum atomic E-state index is 0.386. The Morgan fingerprint density at radius 3 is 2.68 bits per heavy atom. The van der Waals surface area contributed by atoms with Crippen LogP contribution in [0.2, 0.25) is 5.02 Å². The van der Waals surface area contributed by atoms with Gasteiger partial charge in [0.25, 0.3) is 0 Å². The number of rotatable bonds is 5. The van der Waals surface area contributed by atoms with Crippen LogP contribution in [0.15, 0.2) is 35.6 Å². The standard InChI is InChI=1S/C17H21ClN2OS/c1-2-15-11-19-17(20-15)22-16(13-7-9-21-10-8-13)12-3-5-14(18)6-4-12/h3-6,11,13,16H,2,7-10H2,1H3,(H,19,20). The Labute approximate surface area is 140 Å². The minimum Gasteiger partial charge on any atom is -0.381 e. The molecule has 2 heterocycles. The van der Waals surface area contributed by atoms with E-state index in [1.54, 1.807) is 0 Å². The fraction of sp³-hybridized carbons (Fsp3) is 0.471. The molecular weight excluding hydrogens is 316 g/mol. The van der Waals surface area contributed by atoms with Crippen molar-refractivity contribution in [1.82, 2.24) is 9.97 Å². The molecule has 0 radical (unpaired) electrons. The molecule has 1 N–H and O–H groups in total. The van der Waals surface area contributed by atoms with Gasteiger partial charge in [-0.3, -0.25) is 0 Å². The number of aryl methyl sites for hydroxylation is 1. The molecular formula is C17H21ClN2OS. The van der Waals surface area contributed by atoms with Gasteiger partial charge in [0, 0.05) is 35.4 Å². The van der Waals surface area contributed by atoms with E-state index in [2.05, 4.69) is 29.0 Å². The normalized spacial score (nSPS) is 17.5. The lowest BCUT2D eigenvalue weighted by Crippen LogP contribution is -2.20. The van der Waals surface area contributed by atoms with Crippen molar-refractivity contribution in [1.29, 1.82) is 0 Å². The molecule has 5 heteroatoms. The average molecular weight is 337 g/mol. The summed E-state index contributed by atoms with van der Waals surface area (Å²) < 4.78 is 5.52. The quantitative estimate of drug-likeness (QED) is 0.790. The number of aromatic nitrogens is 2.